The first-order valence-electron chi connectivity index (χ1n) is 10.6. The first-order valence-corrected chi connectivity index (χ1v) is 10.6. The van der Waals surface area contributed by atoms with Gasteiger partial charge < -0.3 is 15.5 Å². The van der Waals surface area contributed by atoms with Gasteiger partial charge in [0.1, 0.15) is 0 Å². The lowest BCUT2D eigenvalue weighted by Crippen LogP contribution is -2.38. The van der Waals surface area contributed by atoms with E-state index in [1.165, 1.54) is 6.92 Å². The maximum absolute atomic E-state index is 13.4. The van der Waals surface area contributed by atoms with E-state index in [0.29, 0.717) is 28.5 Å². The molecule has 3 aromatic rings. The Bertz CT molecular complexity index is 1120. The third-order valence-corrected chi connectivity index (χ3v) is 5.64. The van der Waals surface area contributed by atoms with Gasteiger partial charge >= 0.3 is 0 Å². The Labute approximate surface area is 181 Å². The molecule has 1 aromatic carbocycles. The molecule has 0 radical (unpaired) electrons. The molecular formula is C24H27N5O2. The lowest BCUT2D eigenvalue weighted by Gasteiger charge is -2.31. The highest BCUT2D eigenvalue weighted by Gasteiger charge is 2.25. The summed E-state index contributed by atoms with van der Waals surface area (Å²) in [5.74, 6) is 0.510. The number of anilines is 3. The Kier molecular flexibility index (Phi) is 5.84. The Morgan fingerprint density at radius 2 is 1.71 bits per heavy atom. The average molecular weight is 418 g/mol. The lowest BCUT2D eigenvalue weighted by atomic mass is 9.98. The molecule has 4 rings (SSSR count). The molecule has 0 bridgehead atoms. The van der Waals surface area contributed by atoms with Crippen LogP contribution in [0.2, 0.25) is 0 Å². The number of piperidine rings is 1. The molecule has 0 spiro atoms. The van der Waals surface area contributed by atoms with Crippen LogP contribution in [0.5, 0.6) is 0 Å². The molecule has 1 aliphatic heterocycles. The molecule has 1 aliphatic rings. The largest absolute Gasteiger partial charge is 0.354 e. The molecule has 2 N–H and O–H groups in total. The second kappa shape index (κ2) is 8.71. The van der Waals surface area contributed by atoms with Crippen molar-refractivity contribution in [1.82, 2.24) is 14.9 Å². The second-order valence-corrected chi connectivity index (χ2v) is 8.23. The summed E-state index contributed by atoms with van der Waals surface area (Å²) in [6, 6.07) is 11.3. The quantitative estimate of drug-likeness (QED) is 0.652. The first kappa shape index (κ1) is 20.8. The zero-order valence-corrected chi connectivity index (χ0v) is 18.1. The predicted octanol–water partition coefficient (Wildman–Crippen LogP) is 4.51. The molecule has 2 aromatic heterocycles. The summed E-state index contributed by atoms with van der Waals surface area (Å²) >= 11 is 0. The number of aromatic nitrogens is 2. The van der Waals surface area contributed by atoms with E-state index in [1.807, 2.05) is 48.2 Å². The van der Waals surface area contributed by atoms with Crippen molar-refractivity contribution in [2.24, 2.45) is 5.92 Å². The molecule has 160 valence electrons. The molecule has 0 unspecified atom stereocenters. The molecular weight excluding hydrogens is 390 g/mol. The molecule has 1 saturated heterocycles. The van der Waals surface area contributed by atoms with Crippen molar-refractivity contribution in [3.05, 3.63) is 53.9 Å². The van der Waals surface area contributed by atoms with Crippen LogP contribution in [0.4, 0.5) is 17.1 Å². The van der Waals surface area contributed by atoms with Crippen molar-refractivity contribution >= 4 is 39.9 Å². The first-order chi connectivity index (χ1) is 14.9. The third kappa shape index (κ3) is 4.66. The number of benzene rings is 1. The minimum absolute atomic E-state index is 0.0146. The van der Waals surface area contributed by atoms with Gasteiger partial charge in [0.15, 0.2) is 5.65 Å². The van der Waals surface area contributed by atoms with Crippen LogP contribution < -0.4 is 10.6 Å². The average Bonchev–Trinajstić information content (AvgIpc) is 2.75. The van der Waals surface area contributed by atoms with Crippen molar-refractivity contribution in [1.29, 1.82) is 0 Å². The Balaban J connectivity index is 1.71. The van der Waals surface area contributed by atoms with E-state index < -0.39 is 0 Å². The van der Waals surface area contributed by atoms with Crippen molar-refractivity contribution in [2.75, 3.05) is 23.7 Å². The molecule has 0 saturated carbocycles. The number of pyridine rings is 2. The van der Waals surface area contributed by atoms with E-state index in [4.69, 9.17) is 0 Å². The van der Waals surface area contributed by atoms with Gasteiger partial charge in [-0.25, -0.2) is 9.97 Å². The standard InChI is InChI=1S/C24H27N5O2/c1-15-10-12-29(13-11-15)24(31)21-14-25-23-20(9-4-16(2)26-23)22(21)28-19-7-5-18(6-8-19)27-17(3)30/h4-9,14-15H,10-13H2,1-3H3,(H,27,30)(H,25,26,28). The van der Waals surface area contributed by atoms with Gasteiger partial charge in [0, 0.05) is 48.7 Å². The lowest BCUT2D eigenvalue weighted by molar-refractivity contribution is -0.114. The van der Waals surface area contributed by atoms with Gasteiger partial charge in [-0.3, -0.25) is 9.59 Å². The van der Waals surface area contributed by atoms with E-state index in [0.717, 1.165) is 42.7 Å². The maximum Gasteiger partial charge on any atom is 0.257 e. The molecule has 3 heterocycles. The van der Waals surface area contributed by atoms with Crippen LogP contribution in [0.25, 0.3) is 11.0 Å². The molecule has 1 fully saturated rings. The van der Waals surface area contributed by atoms with Crippen LogP contribution >= 0.6 is 0 Å². The Morgan fingerprint density at radius 3 is 2.39 bits per heavy atom. The molecule has 0 aliphatic carbocycles. The van der Waals surface area contributed by atoms with Gasteiger partial charge in [0.05, 0.1) is 11.3 Å². The third-order valence-electron chi connectivity index (χ3n) is 5.64. The number of hydrogen-bond acceptors (Lipinski definition) is 5. The van der Waals surface area contributed by atoms with Crippen molar-refractivity contribution in [3.8, 4) is 0 Å². The van der Waals surface area contributed by atoms with E-state index >= 15 is 0 Å². The van der Waals surface area contributed by atoms with Gasteiger partial charge in [-0.05, 0) is 62.1 Å². The van der Waals surface area contributed by atoms with E-state index in [2.05, 4.69) is 27.5 Å². The molecule has 0 atom stereocenters. The SMILES string of the molecule is CC(=O)Nc1ccc(Nc2c(C(=O)N3CCC(C)CC3)cnc3nc(C)ccc23)cc1. The van der Waals surface area contributed by atoms with Crippen LogP contribution in [0.3, 0.4) is 0 Å². The van der Waals surface area contributed by atoms with Gasteiger partial charge in [0.25, 0.3) is 5.91 Å². The summed E-state index contributed by atoms with van der Waals surface area (Å²) in [7, 11) is 0. The summed E-state index contributed by atoms with van der Waals surface area (Å²) in [5.41, 5.74) is 4.24. The van der Waals surface area contributed by atoms with Crippen molar-refractivity contribution in [2.45, 2.75) is 33.6 Å². The van der Waals surface area contributed by atoms with Crippen molar-refractivity contribution in [3.63, 3.8) is 0 Å². The van der Waals surface area contributed by atoms with Crippen molar-refractivity contribution < 1.29 is 9.59 Å². The van der Waals surface area contributed by atoms with E-state index in [-0.39, 0.29) is 11.8 Å². The number of carbonyl (C=O) groups excluding carboxylic acids is 2. The molecule has 7 nitrogen and oxygen atoms in total. The number of likely N-dealkylation sites (tertiary alicyclic amines) is 1. The van der Waals surface area contributed by atoms with Crippen LogP contribution in [-0.4, -0.2) is 39.8 Å². The predicted molar refractivity (Wildman–Crippen MR) is 123 cm³/mol. The highest BCUT2D eigenvalue weighted by Crippen LogP contribution is 2.31. The zero-order valence-electron chi connectivity index (χ0n) is 18.1. The molecule has 2 amide bonds. The number of carbonyl (C=O) groups is 2. The highest BCUT2D eigenvalue weighted by atomic mass is 16.2. The maximum atomic E-state index is 13.4. The van der Waals surface area contributed by atoms with Gasteiger partial charge in [-0.1, -0.05) is 6.92 Å². The number of nitrogens with zero attached hydrogens (tertiary/aromatic N) is 3. The minimum atomic E-state index is -0.119. The highest BCUT2D eigenvalue weighted by molar-refractivity contribution is 6.07. The molecule has 31 heavy (non-hydrogen) atoms. The number of hydrogen-bond donors (Lipinski definition) is 2. The van der Waals surface area contributed by atoms with E-state index in [9.17, 15) is 9.59 Å². The summed E-state index contributed by atoms with van der Waals surface area (Å²) < 4.78 is 0. The monoisotopic (exact) mass is 417 g/mol. The number of amides is 2. The topological polar surface area (TPSA) is 87.2 Å². The Morgan fingerprint density at radius 1 is 1.03 bits per heavy atom. The smallest absolute Gasteiger partial charge is 0.257 e. The van der Waals surface area contributed by atoms with Gasteiger partial charge in [-0.15, -0.1) is 0 Å². The number of rotatable bonds is 4. The fourth-order valence-corrected chi connectivity index (χ4v) is 3.84. The fraction of sp³-hybridized carbons (Fsp3) is 0.333. The Hall–Kier alpha value is -3.48. The molecule has 7 heteroatoms. The second-order valence-electron chi connectivity index (χ2n) is 8.23. The van der Waals surface area contributed by atoms with Gasteiger partial charge in [-0.2, -0.15) is 0 Å². The minimum Gasteiger partial charge on any atom is -0.354 e. The normalized spacial score (nSPS) is 14.5. The van der Waals surface area contributed by atoms with E-state index in [1.54, 1.807) is 6.20 Å². The number of nitrogens with one attached hydrogen (secondary N) is 2. The van der Waals surface area contributed by atoms with Crippen LogP contribution in [-0.2, 0) is 4.79 Å². The fourth-order valence-electron chi connectivity index (χ4n) is 3.84. The summed E-state index contributed by atoms with van der Waals surface area (Å²) in [4.78, 5) is 35.6. The van der Waals surface area contributed by atoms with Crippen LogP contribution in [0.15, 0.2) is 42.6 Å². The summed E-state index contributed by atoms with van der Waals surface area (Å²) in [6.45, 7) is 7.14. The summed E-state index contributed by atoms with van der Waals surface area (Å²) in [6.07, 6.45) is 3.66. The number of aryl methyl sites for hydroxylation is 1. The zero-order chi connectivity index (χ0) is 22.0. The van der Waals surface area contributed by atoms with Crippen LogP contribution in [0.1, 0.15) is 42.7 Å². The van der Waals surface area contributed by atoms with Crippen LogP contribution in [0, 0.1) is 12.8 Å². The van der Waals surface area contributed by atoms with Gasteiger partial charge in [0.2, 0.25) is 5.91 Å². The summed E-state index contributed by atoms with van der Waals surface area (Å²) in [5, 5.41) is 6.96. The number of fused-ring (bicyclic) bond motifs is 1.